The van der Waals surface area contributed by atoms with Crippen molar-refractivity contribution in [3.63, 3.8) is 0 Å². The van der Waals surface area contributed by atoms with Gasteiger partial charge in [0.2, 0.25) is 5.91 Å². The molecule has 0 radical (unpaired) electrons. The molecule has 4 nitrogen and oxygen atoms in total. The Labute approximate surface area is 133 Å². The van der Waals surface area contributed by atoms with Crippen molar-refractivity contribution in [2.45, 2.75) is 27.7 Å². The third-order valence-electron chi connectivity index (χ3n) is 2.74. The molecule has 0 heterocycles. The van der Waals surface area contributed by atoms with E-state index in [2.05, 4.69) is 27.9 Å². The van der Waals surface area contributed by atoms with Gasteiger partial charge in [0.1, 0.15) is 5.92 Å². The van der Waals surface area contributed by atoms with E-state index in [0.717, 1.165) is 3.57 Å². The summed E-state index contributed by atoms with van der Waals surface area (Å²) in [5, 5.41) is 2.78. The molecule has 1 atom stereocenters. The van der Waals surface area contributed by atoms with E-state index in [-0.39, 0.29) is 12.5 Å². The molecule has 0 spiro atoms. The van der Waals surface area contributed by atoms with E-state index in [0.29, 0.717) is 5.69 Å². The number of carbonyl (C=O) groups excluding carboxylic acids is 2. The number of benzene rings is 1. The Morgan fingerprint density at radius 1 is 1.35 bits per heavy atom. The van der Waals surface area contributed by atoms with Crippen LogP contribution < -0.4 is 5.32 Å². The van der Waals surface area contributed by atoms with Crippen LogP contribution in [0.4, 0.5) is 5.69 Å². The minimum absolute atomic E-state index is 0.266. The number of rotatable bonds is 4. The van der Waals surface area contributed by atoms with Crippen LogP contribution in [0, 0.1) is 14.9 Å². The van der Waals surface area contributed by atoms with Crippen molar-refractivity contribution in [3.8, 4) is 0 Å². The fourth-order valence-electron chi connectivity index (χ4n) is 1.86. The third kappa shape index (κ3) is 4.77. The van der Waals surface area contributed by atoms with Gasteiger partial charge in [-0.25, -0.2) is 0 Å². The molecule has 0 saturated carbocycles. The van der Waals surface area contributed by atoms with Gasteiger partial charge in [0.05, 0.1) is 6.61 Å². The summed E-state index contributed by atoms with van der Waals surface area (Å²) in [6, 6.07) is 7.44. The zero-order valence-electron chi connectivity index (χ0n) is 12.2. The summed E-state index contributed by atoms with van der Waals surface area (Å²) >= 11 is 2.17. The first kappa shape index (κ1) is 16.9. The number of amides is 1. The van der Waals surface area contributed by atoms with E-state index in [4.69, 9.17) is 4.74 Å². The zero-order chi connectivity index (χ0) is 15.3. The molecule has 0 aliphatic heterocycles. The van der Waals surface area contributed by atoms with Crippen LogP contribution in [0.1, 0.15) is 27.7 Å². The molecule has 1 rings (SSSR count). The van der Waals surface area contributed by atoms with Gasteiger partial charge in [-0.2, -0.15) is 0 Å². The Hall–Kier alpha value is -1.11. The van der Waals surface area contributed by atoms with E-state index in [1.807, 2.05) is 39.0 Å². The molecule has 20 heavy (non-hydrogen) atoms. The maximum Gasteiger partial charge on any atom is 0.319 e. The van der Waals surface area contributed by atoms with Crippen molar-refractivity contribution in [2.24, 2.45) is 11.3 Å². The molecule has 110 valence electrons. The van der Waals surface area contributed by atoms with Crippen LogP contribution in [-0.2, 0) is 14.3 Å². The standard InChI is InChI=1S/C15H20INO3/c1-5-20-14(19)12(15(2,3)4)13(18)17-11-8-6-7-10(16)9-11/h6-9,12H,5H2,1-4H3,(H,17,18). The average Bonchev–Trinajstić information content (AvgIpc) is 2.26. The molecule has 0 saturated heterocycles. The smallest absolute Gasteiger partial charge is 0.319 e. The minimum atomic E-state index is -0.833. The summed E-state index contributed by atoms with van der Waals surface area (Å²) in [6.07, 6.45) is 0. The molecule has 0 fully saturated rings. The lowest BCUT2D eigenvalue weighted by atomic mass is 9.80. The molecule has 1 aromatic carbocycles. The summed E-state index contributed by atoms with van der Waals surface area (Å²) in [5.41, 5.74) is 0.179. The van der Waals surface area contributed by atoms with Crippen LogP contribution in [0.15, 0.2) is 24.3 Å². The Morgan fingerprint density at radius 2 is 2.00 bits per heavy atom. The number of esters is 1. The van der Waals surface area contributed by atoms with Crippen molar-refractivity contribution in [3.05, 3.63) is 27.8 Å². The van der Waals surface area contributed by atoms with Gasteiger partial charge in [0.15, 0.2) is 0 Å². The fraction of sp³-hybridized carbons (Fsp3) is 0.467. The van der Waals surface area contributed by atoms with Gasteiger partial charge in [-0.3, -0.25) is 9.59 Å². The van der Waals surface area contributed by atoms with Crippen LogP contribution in [-0.4, -0.2) is 18.5 Å². The van der Waals surface area contributed by atoms with Crippen molar-refractivity contribution < 1.29 is 14.3 Å². The number of halogens is 1. The summed E-state index contributed by atoms with van der Waals surface area (Å²) in [5.74, 6) is -1.65. The normalized spacial score (nSPS) is 12.7. The molecule has 1 aromatic rings. The number of anilines is 1. The largest absolute Gasteiger partial charge is 0.465 e. The highest BCUT2D eigenvalue weighted by atomic mass is 127. The van der Waals surface area contributed by atoms with Crippen molar-refractivity contribution in [1.29, 1.82) is 0 Å². The van der Waals surface area contributed by atoms with Gasteiger partial charge in [0, 0.05) is 9.26 Å². The Kier molecular flexibility index (Phi) is 5.98. The minimum Gasteiger partial charge on any atom is -0.465 e. The molecule has 5 heteroatoms. The lowest BCUT2D eigenvalue weighted by molar-refractivity contribution is -0.155. The van der Waals surface area contributed by atoms with E-state index >= 15 is 0 Å². The predicted octanol–water partition coefficient (Wildman–Crippen LogP) is 3.46. The van der Waals surface area contributed by atoms with Gasteiger partial charge in [-0.1, -0.05) is 26.8 Å². The second kappa shape index (κ2) is 7.06. The number of nitrogens with one attached hydrogen (secondary N) is 1. The maximum absolute atomic E-state index is 12.4. The first-order valence-electron chi connectivity index (χ1n) is 6.48. The molecule has 0 aliphatic carbocycles. The molecule has 0 aliphatic rings. The quantitative estimate of drug-likeness (QED) is 0.488. The van der Waals surface area contributed by atoms with Gasteiger partial charge in [-0.05, 0) is 53.1 Å². The first-order valence-corrected chi connectivity index (χ1v) is 7.56. The molecule has 0 aromatic heterocycles. The van der Waals surface area contributed by atoms with Crippen LogP contribution in [0.25, 0.3) is 0 Å². The summed E-state index contributed by atoms with van der Waals surface area (Å²) in [6.45, 7) is 7.55. The monoisotopic (exact) mass is 389 g/mol. The van der Waals surface area contributed by atoms with Crippen LogP contribution in [0.5, 0.6) is 0 Å². The number of ether oxygens (including phenoxy) is 1. The zero-order valence-corrected chi connectivity index (χ0v) is 14.4. The molecule has 1 amide bonds. The Balaban J connectivity index is 2.92. The van der Waals surface area contributed by atoms with E-state index in [1.165, 1.54) is 0 Å². The second-order valence-electron chi connectivity index (χ2n) is 5.55. The Morgan fingerprint density at radius 3 is 2.50 bits per heavy atom. The lowest BCUT2D eigenvalue weighted by Gasteiger charge is -2.27. The van der Waals surface area contributed by atoms with Gasteiger partial charge in [-0.15, -0.1) is 0 Å². The van der Waals surface area contributed by atoms with Gasteiger partial charge < -0.3 is 10.1 Å². The van der Waals surface area contributed by atoms with E-state index in [1.54, 1.807) is 13.0 Å². The van der Waals surface area contributed by atoms with Gasteiger partial charge >= 0.3 is 5.97 Å². The van der Waals surface area contributed by atoms with Crippen molar-refractivity contribution in [2.75, 3.05) is 11.9 Å². The topological polar surface area (TPSA) is 55.4 Å². The number of hydrogen-bond acceptors (Lipinski definition) is 3. The number of carbonyl (C=O) groups is 2. The molecule has 1 N–H and O–H groups in total. The van der Waals surface area contributed by atoms with E-state index < -0.39 is 17.3 Å². The maximum atomic E-state index is 12.4. The second-order valence-corrected chi connectivity index (χ2v) is 6.80. The average molecular weight is 389 g/mol. The molecule has 0 bridgehead atoms. The summed E-state index contributed by atoms with van der Waals surface area (Å²) < 4.78 is 6.03. The van der Waals surface area contributed by atoms with Crippen molar-refractivity contribution in [1.82, 2.24) is 0 Å². The lowest BCUT2D eigenvalue weighted by Crippen LogP contribution is -2.40. The van der Waals surface area contributed by atoms with Crippen molar-refractivity contribution >= 4 is 40.2 Å². The fourth-order valence-corrected chi connectivity index (χ4v) is 2.40. The van der Waals surface area contributed by atoms with Crippen LogP contribution >= 0.6 is 22.6 Å². The van der Waals surface area contributed by atoms with Crippen LogP contribution in [0.2, 0.25) is 0 Å². The number of hydrogen-bond donors (Lipinski definition) is 1. The molecular formula is C15H20INO3. The predicted molar refractivity (Wildman–Crippen MR) is 87.4 cm³/mol. The first-order chi connectivity index (χ1) is 9.25. The molecule has 1 unspecified atom stereocenters. The highest BCUT2D eigenvalue weighted by Gasteiger charge is 2.38. The summed E-state index contributed by atoms with van der Waals surface area (Å²) in [4.78, 5) is 24.4. The third-order valence-corrected chi connectivity index (χ3v) is 3.41. The van der Waals surface area contributed by atoms with Gasteiger partial charge in [0.25, 0.3) is 0 Å². The Bertz CT molecular complexity index is 494. The SMILES string of the molecule is CCOC(=O)C(C(=O)Nc1cccc(I)c1)C(C)(C)C. The highest BCUT2D eigenvalue weighted by molar-refractivity contribution is 14.1. The summed E-state index contributed by atoms with van der Waals surface area (Å²) in [7, 11) is 0. The highest BCUT2D eigenvalue weighted by Crippen LogP contribution is 2.28. The molecular weight excluding hydrogens is 369 g/mol. The van der Waals surface area contributed by atoms with E-state index in [9.17, 15) is 9.59 Å². The van der Waals surface area contributed by atoms with Crippen LogP contribution in [0.3, 0.4) is 0 Å².